The van der Waals surface area contributed by atoms with Crippen molar-refractivity contribution in [2.45, 2.75) is 25.7 Å². The normalized spacial score (nSPS) is 11.5. The second-order valence-corrected chi connectivity index (χ2v) is 12.9. The van der Waals surface area contributed by atoms with Crippen LogP contribution in [0.2, 0.25) is 0 Å². The van der Waals surface area contributed by atoms with E-state index in [1.165, 1.54) is 37.3 Å². The van der Waals surface area contributed by atoms with Crippen LogP contribution in [0.5, 0.6) is 0 Å². The molecule has 0 saturated heterocycles. The predicted molar refractivity (Wildman–Crippen MR) is 198 cm³/mol. The Morgan fingerprint density at radius 1 is 0.630 bits per heavy atom. The molecule has 5 rings (SSSR count). The molecule has 0 fully saturated rings. The van der Waals surface area contributed by atoms with Gasteiger partial charge in [0.25, 0.3) is 16.0 Å². The van der Waals surface area contributed by atoms with Crippen LogP contribution < -0.4 is 45.9 Å². The fraction of sp³-hybridized carbons (Fsp3) is 0.0833. The first-order valence-electron chi connectivity index (χ1n) is 15.6. The molecule has 0 spiro atoms. The van der Waals surface area contributed by atoms with Crippen LogP contribution in [0.4, 0.5) is 51.2 Å². The summed E-state index contributed by atoms with van der Waals surface area (Å²) >= 11 is 0. The molecule has 5 aromatic rings. The summed E-state index contributed by atoms with van der Waals surface area (Å²) in [5, 5.41) is 39.3. The Morgan fingerprint density at radius 3 is 1.76 bits per heavy atom. The monoisotopic (exact) mass is 756 g/mol. The van der Waals surface area contributed by atoms with E-state index in [1.807, 2.05) is 6.92 Å². The molecule has 18 heteroatoms. The van der Waals surface area contributed by atoms with Gasteiger partial charge in [-0.15, -0.1) is 10.2 Å². The maximum atomic E-state index is 12.6. The van der Waals surface area contributed by atoms with Crippen molar-refractivity contribution in [3.63, 3.8) is 0 Å². The Balaban J connectivity index is 0.00000650. The van der Waals surface area contributed by atoms with Crippen molar-refractivity contribution < 1.29 is 62.0 Å². The first-order chi connectivity index (χ1) is 25.2. The smallest absolute Gasteiger partial charge is 0.478 e. The summed E-state index contributed by atoms with van der Waals surface area (Å²) in [5.41, 5.74) is 9.93. The number of carbonyl (C=O) groups is 3. The molecule has 0 aliphatic heterocycles. The van der Waals surface area contributed by atoms with Crippen LogP contribution in [0, 0.1) is 13.8 Å². The average Bonchev–Trinajstić information content (AvgIpc) is 3.10. The molecule has 54 heavy (non-hydrogen) atoms. The molecule has 0 bridgehead atoms. The van der Waals surface area contributed by atoms with E-state index in [2.05, 4.69) is 41.3 Å². The predicted octanol–water partition coefficient (Wildman–Crippen LogP) is 6.29. The zero-order valence-corrected chi connectivity index (χ0v) is 32.2. The minimum Gasteiger partial charge on any atom is -0.478 e. The number of nitrogens with one attached hydrogen (secondary N) is 2. The third kappa shape index (κ3) is 10.8. The molecule has 2 amide bonds. The van der Waals surface area contributed by atoms with Crippen molar-refractivity contribution in [3.8, 4) is 0 Å². The molecule has 0 aliphatic rings. The zero-order chi connectivity index (χ0) is 38.3. The van der Waals surface area contributed by atoms with E-state index in [0.29, 0.717) is 39.6 Å². The minimum atomic E-state index is -4.87. The largest absolute Gasteiger partial charge is 1.00 e. The Morgan fingerprint density at radius 2 is 1.17 bits per heavy atom. The number of hydrogen-bond donors (Lipinski definition) is 5. The van der Waals surface area contributed by atoms with Crippen molar-refractivity contribution in [1.29, 1.82) is 0 Å². The molecule has 268 valence electrons. The van der Waals surface area contributed by atoms with Crippen molar-refractivity contribution >= 4 is 79.1 Å². The second kappa shape index (κ2) is 17.7. The van der Waals surface area contributed by atoms with Crippen LogP contribution in [0.3, 0.4) is 0 Å². The number of carboxylic acid groups (broad SMARTS) is 1. The Bertz CT molecular complexity index is 2440. The van der Waals surface area contributed by atoms with Crippen molar-refractivity contribution in [2.75, 3.05) is 16.4 Å². The van der Waals surface area contributed by atoms with E-state index in [1.54, 1.807) is 67.6 Å². The fourth-order valence-corrected chi connectivity index (χ4v) is 5.34. The van der Waals surface area contributed by atoms with Gasteiger partial charge < -0.3 is 21.5 Å². The third-order valence-corrected chi connectivity index (χ3v) is 8.28. The van der Waals surface area contributed by atoms with Gasteiger partial charge >= 0.3 is 35.5 Å². The average molecular weight is 757 g/mol. The number of nitrogens with zero attached hydrogens (tertiary/aromatic N) is 6. The van der Waals surface area contributed by atoms with Gasteiger partial charge in [-0.3, -0.25) is 14.1 Å². The van der Waals surface area contributed by atoms with Gasteiger partial charge in [-0.25, -0.2) is 4.79 Å². The third-order valence-electron chi connectivity index (χ3n) is 7.40. The summed E-state index contributed by atoms with van der Waals surface area (Å²) in [6, 6.07) is 24.2. The van der Waals surface area contributed by atoms with E-state index >= 15 is 0 Å². The van der Waals surface area contributed by atoms with Gasteiger partial charge in [-0.1, -0.05) is 0 Å². The van der Waals surface area contributed by atoms with E-state index in [4.69, 9.17) is 10.8 Å². The molecule has 0 radical (unpaired) electrons. The topological polar surface area (TPSA) is 250 Å². The number of carbonyl (C=O) groups excluding carboxylic acids is 2. The number of nitrogen functional groups attached to an aromatic ring is 1. The summed E-state index contributed by atoms with van der Waals surface area (Å²) in [7, 11) is -4.87. The molecular formula is C36H31N9NaO7S+. The second-order valence-electron chi connectivity index (χ2n) is 11.5. The summed E-state index contributed by atoms with van der Waals surface area (Å²) < 4.78 is 34.8. The van der Waals surface area contributed by atoms with Crippen molar-refractivity contribution in [3.05, 3.63) is 119 Å². The maximum Gasteiger partial charge on any atom is 1.00 e. The molecular weight excluding hydrogens is 726 g/mol. The number of amides is 2. The SMILES string of the molecule is CC(=O)Nc1cc(N=Nc2ccc(N=Nc3ccc(NC(=O)c4ccc(N)cc4)cc3C)cc2C)c(S(=O)(=O)O)cc1N=Nc1ccc(C(=O)O)cc1.[Na+]. The summed E-state index contributed by atoms with van der Waals surface area (Å²) in [6.45, 7) is 4.79. The van der Waals surface area contributed by atoms with Crippen molar-refractivity contribution in [1.82, 2.24) is 0 Å². The number of carboxylic acids is 1. The fourth-order valence-electron chi connectivity index (χ4n) is 4.71. The van der Waals surface area contributed by atoms with Crippen LogP contribution in [0.15, 0.2) is 133 Å². The van der Waals surface area contributed by atoms with Gasteiger partial charge in [0, 0.05) is 23.9 Å². The summed E-state index contributed by atoms with van der Waals surface area (Å²) in [4.78, 5) is 35.0. The van der Waals surface area contributed by atoms with E-state index < -0.39 is 26.9 Å². The number of aromatic carboxylic acids is 1. The molecule has 0 atom stereocenters. The molecule has 6 N–H and O–H groups in total. The Hall–Kier alpha value is -5.98. The van der Waals surface area contributed by atoms with E-state index in [9.17, 15) is 27.4 Å². The van der Waals surface area contributed by atoms with Gasteiger partial charge in [0.2, 0.25) is 5.91 Å². The number of aryl methyl sites for hydroxylation is 2. The number of azo groups is 3. The van der Waals surface area contributed by atoms with Crippen LogP contribution in [0.25, 0.3) is 0 Å². The molecule has 0 heterocycles. The standard InChI is InChI=1S/C36H31N9O7S.Na/c1-20-16-27(39-35(47)23-4-8-25(37)9-5-23)12-14-29(20)42-41-28-13-15-30(21(2)17-28)43-45-33-18-31(38-22(3)46)32(19-34(33)53(50,51)52)44-40-26-10-6-24(7-11-26)36(48)49;/h4-19H,37H2,1-3H3,(H,38,46)(H,39,47)(H,48,49)(H,50,51,52);/q;+1. The van der Waals surface area contributed by atoms with Gasteiger partial charge in [-0.2, -0.15) is 28.9 Å². The maximum absolute atomic E-state index is 12.6. The number of anilines is 3. The minimum absolute atomic E-state index is 0. The zero-order valence-electron chi connectivity index (χ0n) is 29.3. The molecule has 16 nitrogen and oxygen atoms in total. The molecule has 0 aliphatic carbocycles. The van der Waals surface area contributed by atoms with Gasteiger partial charge in [0.1, 0.15) is 16.3 Å². The number of rotatable bonds is 11. The Labute approximate surface area is 331 Å². The first-order valence-corrected chi connectivity index (χ1v) is 17.0. The quantitative estimate of drug-likeness (QED) is 0.0442. The molecule has 0 saturated carbocycles. The first kappa shape index (κ1) is 40.8. The van der Waals surface area contributed by atoms with Crippen LogP contribution in [-0.4, -0.2) is 35.9 Å². The summed E-state index contributed by atoms with van der Waals surface area (Å²) in [6.07, 6.45) is 0. The van der Waals surface area contributed by atoms with Gasteiger partial charge in [-0.05, 0) is 122 Å². The van der Waals surface area contributed by atoms with Gasteiger partial charge in [0.05, 0.1) is 34.0 Å². The Kier molecular flexibility index (Phi) is 13.4. The molecule has 0 aromatic heterocycles. The van der Waals surface area contributed by atoms with Crippen LogP contribution in [0.1, 0.15) is 38.8 Å². The number of benzene rings is 5. The van der Waals surface area contributed by atoms with Gasteiger partial charge in [0.15, 0.2) is 0 Å². The van der Waals surface area contributed by atoms with Crippen LogP contribution >= 0.6 is 0 Å². The molecule has 0 unspecified atom stereocenters. The van der Waals surface area contributed by atoms with E-state index in [-0.39, 0.29) is 63.8 Å². The number of nitrogens with two attached hydrogens (primary N) is 1. The van der Waals surface area contributed by atoms with E-state index in [0.717, 1.165) is 11.6 Å². The molecule has 5 aromatic carbocycles. The van der Waals surface area contributed by atoms with Crippen LogP contribution in [-0.2, 0) is 14.9 Å². The summed E-state index contributed by atoms with van der Waals surface area (Å²) in [5.74, 6) is -1.92. The number of hydrogen-bond acceptors (Lipinski definition) is 12. The van der Waals surface area contributed by atoms with Crippen molar-refractivity contribution in [2.24, 2.45) is 30.7 Å².